The lowest BCUT2D eigenvalue weighted by Gasteiger charge is -2.36. The summed E-state index contributed by atoms with van der Waals surface area (Å²) in [5.41, 5.74) is 5.43. The normalized spacial score (nSPS) is 16.0. The monoisotopic (exact) mass is 512 g/mol. The molecule has 6 heteroatoms. The van der Waals surface area contributed by atoms with Gasteiger partial charge < -0.3 is 10.6 Å². The number of amides is 2. The summed E-state index contributed by atoms with van der Waals surface area (Å²) >= 11 is 0. The van der Waals surface area contributed by atoms with E-state index in [4.69, 9.17) is 0 Å². The van der Waals surface area contributed by atoms with Gasteiger partial charge in [0.15, 0.2) is 0 Å². The Kier molecular flexibility index (Phi) is 7.24. The van der Waals surface area contributed by atoms with Crippen molar-refractivity contribution in [2.45, 2.75) is 58.9 Å². The predicted molar refractivity (Wildman–Crippen MR) is 151 cm³/mol. The number of benzene rings is 3. The van der Waals surface area contributed by atoms with Crippen molar-refractivity contribution in [2.24, 2.45) is 11.3 Å². The lowest BCUT2D eigenvalue weighted by atomic mass is 9.71. The summed E-state index contributed by atoms with van der Waals surface area (Å²) in [6.07, 6.45) is 4.82. The Morgan fingerprint density at radius 2 is 1.87 bits per heavy atom. The topological polar surface area (TPSA) is 59.0 Å². The Hall–Kier alpha value is -3.67. The summed E-state index contributed by atoms with van der Waals surface area (Å²) < 4.78 is 15.3. The van der Waals surface area contributed by atoms with Crippen molar-refractivity contribution in [3.05, 3.63) is 95.4 Å². The third-order valence-corrected chi connectivity index (χ3v) is 7.86. The van der Waals surface area contributed by atoms with Crippen LogP contribution in [0.4, 0.5) is 9.18 Å². The maximum Gasteiger partial charge on any atom is 0.315 e. The van der Waals surface area contributed by atoms with Gasteiger partial charge in [0.2, 0.25) is 0 Å². The fourth-order valence-corrected chi connectivity index (χ4v) is 5.78. The van der Waals surface area contributed by atoms with E-state index in [1.165, 1.54) is 28.8 Å². The summed E-state index contributed by atoms with van der Waals surface area (Å²) in [5, 5.41) is 12.0. The second kappa shape index (κ2) is 10.6. The first kappa shape index (κ1) is 26.0. The molecule has 3 aromatic carbocycles. The first-order valence-corrected chi connectivity index (χ1v) is 13.6. The Labute approximate surface area is 224 Å². The first-order chi connectivity index (χ1) is 18.2. The van der Waals surface area contributed by atoms with E-state index < -0.39 is 0 Å². The molecule has 1 aliphatic carbocycles. The van der Waals surface area contributed by atoms with Gasteiger partial charge in [-0.25, -0.2) is 13.9 Å². The highest BCUT2D eigenvalue weighted by atomic mass is 19.1. The smallest absolute Gasteiger partial charge is 0.315 e. The van der Waals surface area contributed by atoms with Gasteiger partial charge in [0.05, 0.1) is 23.4 Å². The van der Waals surface area contributed by atoms with Crippen LogP contribution in [0.2, 0.25) is 0 Å². The molecule has 2 N–H and O–H groups in total. The number of urea groups is 1. The molecule has 2 amide bonds. The standard InChI is InChI=1S/C32H37FN4O/c1-21(2)17-28(23-10-16-30-24(18-23)19-35-37(30)26-13-11-25(33)12-14-26)32(3,4)20-34-31(38)36-29-15-9-22-7-5-6-8-27(22)29/h5-8,10-14,16,18-19,21,28-29H,9,15,17,20H2,1-4H3,(H2,34,36,38)/t28?,29-/m0/s1. The molecule has 1 aliphatic rings. The minimum absolute atomic E-state index is 0.0702. The van der Waals surface area contributed by atoms with Crippen LogP contribution >= 0.6 is 0 Å². The summed E-state index contributed by atoms with van der Waals surface area (Å²) in [6, 6.07) is 21.2. The fourth-order valence-electron chi connectivity index (χ4n) is 5.78. The average molecular weight is 513 g/mol. The fraction of sp³-hybridized carbons (Fsp3) is 0.375. The van der Waals surface area contributed by atoms with Gasteiger partial charge in [-0.3, -0.25) is 0 Å². The molecule has 38 heavy (non-hydrogen) atoms. The van der Waals surface area contributed by atoms with E-state index in [1.807, 2.05) is 16.9 Å². The Morgan fingerprint density at radius 1 is 1.11 bits per heavy atom. The summed E-state index contributed by atoms with van der Waals surface area (Å²) in [7, 11) is 0. The SMILES string of the molecule is CC(C)CC(c1ccc2c(cnn2-c2ccc(F)cc2)c1)C(C)(C)CNC(=O)N[C@H]1CCc2ccccc21. The van der Waals surface area contributed by atoms with Crippen LogP contribution in [-0.4, -0.2) is 22.4 Å². The Balaban J connectivity index is 1.32. The van der Waals surface area contributed by atoms with E-state index in [9.17, 15) is 9.18 Å². The van der Waals surface area contributed by atoms with Gasteiger partial charge in [0, 0.05) is 11.9 Å². The molecule has 5 rings (SSSR count). The minimum Gasteiger partial charge on any atom is -0.338 e. The number of rotatable bonds is 8. The van der Waals surface area contributed by atoms with Crippen molar-refractivity contribution in [3.8, 4) is 5.69 Å². The van der Waals surface area contributed by atoms with E-state index in [0.717, 1.165) is 35.9 Å². The molecular weight excluding hydrogens is 475 g/mol. The van der Waals surface area contributed by atoms with Gasteiger partial charge >= 0.3 is 6.03 Å². The maximum absolute atomic E-state index is 13.4. The van der Waals surface area contributed by atoms with Gasteiger partial charge in [0.1, 0.15) is 5.82 Å². The largest absolute Gasteiger partial charge is 0.338 e. The third kappa shape index (κ3) is 5.45. The number of fused-ring (bicyclic) bond motifs is 2. The zero-order valence-electron chi connectivity index (χ0n) is 22.7. The van der Waals surface area contributed by atoms with E-state index in [2.05, 4.69) is 79.8 Å². The van der Waals surface area contributed by atoms with E-state index in [-0.39, 0.29) is 29.2 Å². The molecule has 0 aliphatic heterocycles. The van der Waals surface area contributed by atoms with Gasteiger partial charge in [-0.2, -0.15) is 5.10 Å². The van der Waals surface area contributed by atoms with Crippen molar-refractivity contribution in [2.75, 3.05) is 6.54 Å². The summed E-state index contributed by atoms with van der Waals surface area (Å²) in [5.74, 6) is 0.482. The van der Waals surface area contributed by atoms with E-state index in [0.29, 0.717) is 12.5 Å². The van der Waals surface area contributed by atoms with Crippen LogP contribution in [0.25, 0.3) is 16.6 Å². The summed E-state index contributed by atoms with van der Waals surface area (Å²) in [4.78, 5) is 12.9. The molecule has 0 spiro atoms. The highest BCUT2D eigenvalue weighted by Crippen LogP contribution is 2.41. The molecule has 0 saturated carbocycles. The van der Waals surface area contributed by atoms with Crippen LogP contribution in [0.15, 0.2) is 72.9 Å². The van der Waals surface area contributed by atoms with Gasteiger partial charge in [-0.15, -0.1) is 0 Å². The quantitative estimate of drug-likeness (QED) is 0.260. The zero-order chi connectivity index (χ0) is 26.9. The average Bonchev–Trinajstić information content (AvgIpc) is 3.50. The van der Waals surface area contributed by atoms with Crippen molar-refractivity contribution >= 4 is 16.9 Å². The molecule has 0 radical (unpaired) electrons. The van der Waals surface area contributed by atoms with E-state index in [1.54, 1.807) is 12.1 Å². The molecular formula is C32H37FN4O. The highest BCUT2D eigenvalue weighted by molar-refractivity contribution is 5.81. The maximum atomic E-state index is 13.4. The number of hydrogen-bond donors (Lipinski definition) is 2. The number of aryl methyl sites for hydroxylation is 1. The van der Waals surface area contributed by atoms with Gasteiger partial charge in [-0.1, -0.05) is 58.0 Å². The molecule has 0 bridgehead atoms. The molecule has 1 aromatic heterocycles. The highest BCUT2D eigenvalue weighted by Gasteiger charge is 2.33. The predicted octanol–water partition coefficient (Wildman–Crippen LogP) is 7.31. The molecule has 198 valence electrons. The van der Waals surface area contributed by atoms with E-state index >= 15 is 0 Å². The molecule has 4 aromatic rings. The number of hydrogen-bond acceptors (Lipinski definition) is 2. The second-order valence-electron chi connectivity index (χ2n) is 11.6. The van der Waals surface area contributed by atoms with Crippen molar-refractivity contribution in [1.82, 2.24) is 20.4 Å². The van der Waals surface area contributed by atoms with Crippen molar-refractivity contribution < 1.29 is 9.18 Å². The second-order valence-corrected chi connectivity index (χ2v) is 11.6. The number of carbonyl (C=O) groups is 1. The number of carbonyl (C=O) groups excluding carboxylic acids is 1. The molecule has 2 atom stereocenters. The lowest BCUT2D eigenvalue weighted by molar-refractivity contribution is 0.215. The summed E-state index contributed by atoms with van der Waals surface area (Å²) in [6.45, 7) is 9.52. The van der Waals surface area contributed by atoms with Crippen molar-refractivity contribution in [3.63, 3.8) is 0 Å². The Bertz CT molecular complexity index is 1420. The van der Waals surface area contributed by atoms with Crippen LogP contribution in [0.5, 0.6) is 0 Å². The molecule has 0 fully saturated rings. The van der Waals surface area contributed by atoms with Crippen LogP contribution in [0.1, 0.15) is 69.2 Å². The number of halogens is 1. The number of aromatic nitrogens is 2. The molecule has 0 saturated heterocycles. The lowest BCUT2D eigenvalue weighted by Crippen LogP contribution is -2.43. The van der Waals surface area contributed by atoms with Gasteiger partial charge in [-0.05, 0) is 89.6 Å². The third-order valence-electron chi connectivity index (χ3n) is 7.86. The van der Waals surface area contributed by atoms with Crippen LogP contribution in [0, 0.1) is 17.2 Å². The number of nitrogens with zero attached hydrogens (tertiary/aromatic N) is 2. The van der Waals surface area contributed by atoms with Crippen molar-refractivity contribution in [1.29, 1.82) is 0 Å². The minimum atomic E-state index is -0.262. The molecule has 1 heterocycles. The van der Waals surface area contributed by atoms with Crippen LogP contribution < -0.4 is 10.6 Å². The van der Waals surface area contributed by atoms with Crippen LogP contribution in [0.3, 0.4) is 0 Å². The van der Waals surface area contributed by atoms with Crippen LogP contribution in [-0.2, 0) is 6.42 Å². The zero-order valence-corrected chi connectivity index (χ0v) is 22.7. The molecule has 5 nitrogen and oxygen atoms in total. The number of nitrogens with one attached hydrogen (secondary N) is 2. The first-order valence-electron chi connectivity index (χ1n) is 13.6. The van der Waals surface area contributed by atoms with Gasteiger partial charge in [0.25, 0.3) is 0 Å². The Morgan fingerprint density at radius 3 is 2.63 bits per heavy atom. The molecule has 1 unspecified atom stereocenters.